The standard InChI is InChI=1S/C15H11F2N7O.C3H6/c16-15(17)23-8-10(6-20-23)24-12-7-19-3-1-11(12)13(21-24)22-4-2-9(5-18)14(22)25;1-2-3-1/h1,3,6-9,15H,2,4H2;1-3H2. The molecule has 1 saturated carbocycles. The lowest BCUT2D eigenvalue weighted by Gasteiger charge is -2.12. The molecule has 2 fully saturated rings. The van der Waals surface area contributed by atoms with Crippen molar-refractivity contribution in [3.8, 4) is 11.8 Å². The number of alkyl halides is 2. The largest absolute Gasteiger partial charge is 0.333 e. The number of aromatic nitrogens is 5. The van der Waals surface area contributed by atoms with Gasteiger partial charge in [0.1, 0.15) is 11.6 Å². The average Bonchev–Trinajstić information content (AvgIpc) is 3.29. The second-order valence-corrected chi connectivity index (χ2v) is 6.61. The highest BCUT2D eigenvalue weighted by Gasteiger charge is 2.35. The second-order valence-electron chi connectivity index (χ2n) is 6.61. The minimum Gasteiger partial charge on any atom is -0.294 e. The third-order valence-electron chi connectivity index (χ3n) is 4.47. The van der Waals surface area contributed by atoms with Crippen LogP contribution < -0.4 is 4.90 Å². The van der Waals surface area contributed by atoms with Crippen LogP contribution in [0, 0.1) is 17.2 Å². The predicted molar refractivity (Wildman–Crippen MR) is 95.8 cm³/mol. The molecule has 0 N–H and O–H groups in total. The molecule has 1 saturated heterocycles. The van der Waals surface area contributed by atoms with Crippen molar-refractivity contribution in [1.82, 2.24) is 24.5 Å². The molecule has 1 aliphatic heterocycles. The molecule has 4 heterocycles. The summed E-state index contributed by atoms with van der Waals surface area (Å²) < 4.78 is 27.5. The Labute approximate surface area is 159 Å². The van der Waals surface area contributed by atoms with Gasteiger partial charge in [-0.1, -0.05) is 19.3 Å². The van der Waals surface area contributed by atoms with Crippen molar-refractivity contribution < 1.29 is 13.6 Å². The Morgan fingerprint density at radius 1 is 1.25 bits per heavy atom. The molecule has 10 heteroatoms. The highest BCUT2D eigenvalue weighted by Crippen LogP contribution is 2.32. The first-order chi connectivity index (χ1) is 13.6. The van der Waals surface area contributed by atoms with E-state index in [1.54, 1.807) is 12.3 Å². The van der Waals surface area contributed by atoms with E-state index in [0.29, 0.717) is 40.1 Å². The van der Waals surface area contributed by atoms with Gasteiger partial charge in [0.05, 0.1) is 30.2 Å². The Hall–Kier alpha value is -3.35. The molecule has 0 bridgehead atoms. The Bertz CT molecular complexity index is 1050. The number of rotatable bonds is 3. The normalized spacial score (nSPS) is 18.3. The van der Waals surface area contributed by atoms with Gasteiger partial charge in [-0.05, 0) is 12.5 Å². The van der Waals surface area contributed by atoms with Gasteiger partial charge in [0, 0.05) is 18.1 Å². The van der Waals surface area contributed by atoms with Crippen molar-refractivity contribution in [2.45, 2.75) is 32.2 Å². The first-order valence-electron chi connectivity index (χ1n) is 8.96. The van der Waals surface area contributed by atoms with Gasteiger partial charge in [0.25, 0.3) is 0 Å². The summed E-state index contributed by atoms with van der Waals surface area (Å²) in [6, 6.07) is 3.67. The number of nitrogens with zero attached hydrogens (tertiary/aromatic N) is 7. The van der Waals surface area contributed by atoms with Gasteiger partial charge in [-0.15, -0.1) is 5.10 Å². The van der Waals surface area contributed by atoms with Crippen LogP contribution in [0.1, 0.15) is 32.2 Å². The maximum absolute atomic E-state index is 12.8. The van der Waals surface area contributed by atoms with Gasteiger partial charge in [-0.25, -0.2) is 9.36 Å². The summed E-state index contributed by atoms with van der Waals surface area (Å²) in [4.78, 5) is 17.8. The number of hydrogen-bond donors (Lipinski definition) is 0. The van der Waals surface area contributed by atoms with Crippen LogP contribution >= 0.6 is 0 Å². The summed E-state index contributed by atoms with van der Waals surface area (Å²) in [7, 11) is 0. The van der Waals surface area contributed by atoms with Crippen LogP contribution in [0.2, 0.25) is 0 Å². The number of halogens is 2. The first kappa shape index (κ1) is 18.0. The van der Waals surface area contributed by atoms with Crippen LogP contribution in [-0.2, 0) is 4.79 Å². The zero-order valence-electron chi connectivity index (χ0n) is 14.9. The van der Waals surface area contributed by atoms with Crippen molar-refractivity contribution in [2.75, 3.05) is 11.4 Å². The average molecular weight is 385 g/mol. The molecule has 144 valence electrons. The monoisotopic (exact) mass is 385 g/mol. The van der Waals surface area contributed by atoms with E-state index >= 15 is 0 Å². The molecule has 0 spiro atoms. The summed E-state index contributed by atoms with van der Waals surface area (Å²) >= 11 is 0. The number of carbonyl (C=O) groups is 1. The summed E-state index contributed by atoms with van der Waals surface area (Å²) in [5, 5.41) is 17.7. The van der Waals surface area contributed by atoms with Crippen LogP contribution in [-0.4, -0.2) is 37.0 Å². The number of amides is 1. The van der Waals surface area contributed by atoms with Crippen LogP contribution in [0.5, 0.6) is 0 Å². The van der Waals surface area contributed by atoms with Crippen LogP contribution in [0.4, 0.5) is 14.6 Å². The number of pyridine rings is 1. The first-order valence-corrected chi connectivity index (χ1v) is 8.96. The highest BCUT2D eigenvalue weighted by atomic mass is 19.3. The topological polar surface area (TPSA) is 92.6 Å². The van der Waals surface area contributed by atoms with Crippen LogP contribution in [0.3, 0.4) is 0 Å². The minimum absolute atomic E-state index is 0.311. The lowest BCUT2D eigenvalue weighted by atomic mass is 10.1. The number of hydrogen-bond acceptors (Lipinski definition) is 5. The Morgan fingerprint density at radius 2 is 2.04 bits per heavy atom. The molecule has 3 aromatic heterocycles. The molecular formula is C18H17F2N7O. The summed E-state index contributed by atoms with van der Waals surface area (Å²) in [5.74, 6) is -0.622. The molecule has 0 radical (unpaired) electrons. The maximum Gasteiger partial charge on any atom is 0.333 e. The molecular weight excluding hydrogens is 368 g/mol. The van der Waals surface area contributed by atoms with E-state index in [-0.39, 0.29) is 5.91 Å². The fourth-order valence-electron chi connectivity index (χ4n) is 2.90. The molecule has 3 aromatic rings. The van der Waals surface area contributed by atoms with Crippen molar-refractivity contribution in [3.05, 3.63) is 30.9 Å². The minimum atomic E-state index is -2.76. The molecule has 2 aliphatic rings. The van der Waals surface area contributed by atoms with Crippen molar-refractivity contribution in [1.29, 1.82) is 5.26 Å². The SMILES string of the molecule is C1CC1.N#CC1CCN(c2nn(-c3cnn(C(F)F)c3)c3cnccc23)C1=O. The lowest BCUT2D eigenvalue weighted by molar-refractivity contribution is -0.119. The zero-order valence-corrected chi connectivity index (χ0v) is 14.9. The molecule has 28 heavy (non-hydrogen) atoms. The summed E-state index contributed by atoms with van der Waals surface area (Å²) in [5.41, 5.74) is 0.882. The van der Waals surface area contributed by atoms with Gasteiger partial charge in [0.15, 0.2) is 5.82 Å². The van der Waals surface area contributed by atoms with Crippen LogP contribution in [0.25, 0.3) is 16.6 Å². The smallest absolute Gasteiger partial charge is 0.294 e. The molecule has 1 aliphatic carbocycles. The maximum atomic E-state index is 12.8. The number of nitriles is 1. The third-order valence-corrected chi connectivity index (χ3v) is 4.47. The van der Waals surface area contributed by atoms with Crippen molar-refractivity contribution in [3.63, 3.8) is 0 Å². The van der Waals surface area contributed by atoms with E-state index in [1.807, 2.05) is 6.07 Å². The Balaban J connectivity index is 0.000000586. The Kier molecular flexibility index (Phi) is 4.73. The van der Waals surface area contributed by atoms with E-state index in [2.05, 4.69) is 15.2 Å². The second kappa shape index (κ2) is 7.34. The molecule has 8 nitrogen and oxygen atoms in total. The van der Waals surface area contributed by atoms with E-state index in [1.165, 1.54) is 41.2 Å². The fraction of sp³-hybridized carbons (Fsp3) is 0.389. The molecule has 0 aromatic carbocycles. The lowest BCUT2D eigenvalue weighted by Crippen LogP contribution is -2.27. The molecule has 1 amide bonds. The van der Waals surface area contributed by atoms with E-state index < -0.39 is 12.5 Å². The van der Waals surface area contributed by atoms with Gasteiger partial charge in [-0.2, -0.15) is 19.1 Å². The molecule has 1 unspecified atom stereocenters. The Morgan fingerprint density at radius 3 is 2.64 bits per heavy atom. The number of fused-ring (bicyclic) bond motifs is 1. The van der Waals surface area contributed by atoms with Gasteiger partial charge >= 0.3 is 6.55 Å². The van der Waals surface area contributed by atoms with Crippen molar-refractivity contribution >= 4 is 22.6 Å². The van der Waals surface area contributed by atoms with Gasteiger partial charge in [0.2, 0.25) is 5.91 Å². The molecule has 1 atom stereocenters. The highest BCUT2D eigenvalue weighted by molar-refractivity contribution is 6.04. The number of anilines is 1. The fourth-order valence-corrected chi connectivity index (χ4v) is 2.90. The van der Waals surface area contributed by atoms with Gasteiger partial charge < -0.3 is 0 Å². The van der Waals surface area contributed by atoms with E-state index in [9.17, 15) is 13.6 Å². The summed E-state index contributed by atoms with van der Waals surface area (Å²) in [6.45, 7) is -2.38. The number of carbonyl (C=O) groups excluding carboxylic acids is 1. The third kappa shape index (κ3) is 3.31. The summed E-state index contributed by atoms with van der Waals surface area (Å²) in [6.07, 6.45) is 10.5. The van der Waals surface area contributed by atoms with Crippen LogP contribution in [0.15, 0.2) is 30.9 Å². The van der Waals surface area contributed by atoms with Crippen molar-refractivity contribution in [2.24, 2.45) is 5.92 Å². The zero-order chi connectivity index (χ0) is 19.7. The van der Waals surface area contributed by atoms with E-state index in [0.717, 1.165) is 6.20 Å². The van der Waals surface area contributed by atoms with Gasteiger partial charge in [-0.3, -0.25) is 14.7 Å². The quantitative estimate of drug-likeness (QED) is 0.691. The van der Waals surface area contributed by atoms with E-state index in [4.69, 9.17) is 5.26 Å². The molecule has 5 rings (SSSR count). The predicted octanol–water partition coefficient (Wildman–Crippen LogP) is 3.06.